The van der Waals surface area contributed by atoms with Crippen molar-refractivity contribution in [2.24, 2.45) is 0 Å². The molecule has 162 valence electrons. The molecule has 0 aliphatic carbocycles. The zero-order valence-corrected chi connectivity index (χ0v) is 17.3. The number of benzene rings is 2. The van der Waals surface area contributed by atoms with Gasteiger partial charge in [0.15, 0.2) is 5.60 Å². The van der Waals surface area contributed by atoms with Gasteiger partial charge in [-0.3, -0.25) is 4.79 Å². The lowest BCUT2D eigenvalue weighted by Crippen LogP contribution is -2.43. The van der Waals surface area contributed by atoms with Crippen LogP contribution in [0.15, 0.2) is 42.5 Å². The van der Waals surface area contributed by atoms with Crippen molar-refractivity contribution in [2.75, 3.05) is 36.5 Å². The van der Waals surface area contributed by atoms with Crippen LogP contribution in [-0.2, 0) is 15.7 Å². The average molecular weight is 443 g/mol. The first-order valence-electron chi connectivity index (χ1n) is 9.36. The Kier molecular flexibility index (Phi) is 6.47. The molecular weight excluding hydrogens is 421 g/mol. The number of morpholine rings is 1. The summed E-state index contributed by atoms with van der Waals surface area (Å²) in [4.78, 5) is 14.8. The number of hydrogen-bond acceptors (Lipinski definition) is 4. The van der Waals surface area contributed by atoms with Crippen LogP contribution in [0.2, 0.25) is 5.02 Å². The Bertz CT molecular complexity index is 895. The number of nitrogens with zero attached hydrogens (tertiary/aromatic N) is 1. The lowest BCUT2D eigenvalue weighted by molar-refractivity contribution is -0.137. The van der Waals surface area contributed by atoms with Crippen molar-refractivity contribution in [3.8, 4) is 5.75 Å². The van der Waals surface area contributed by atoms with Crippen molar-refractivity contribution in [3.63, 3.8) is 0 Å². The fourth-order valence-electron chi connectivity index (χ4n) is 3.01. The molecule has 1 N–H and O–H groups in total. The predicted octanol–water partition coefficient (Wildman–Crippen LogP) is 4.99. The molecule has 0 atom stereocenters. The second-order valence-corrected chi connectivity index (χ2v) is 7.79. The number of alkyl halides is 3. The molecule has 1 heterocycles. The van der Waals surface area contributed by atoms with E-state index in [4.69, 9.17) is 21.1 Å². The quantitative estimate of drug-likeness (QED) is 0.708. The third-order valence-corrected chi connectivity index (χ3v) is 4.91. The number of ether oxygens (including phenoxy) is 2. The van der Waals surface area contributed by atoms with Crippen LogP contribution in [0.5, 0.6) is 5.75 Å². The number of amides is 1. The number of nitrogens with one attached hydrogen (secondary N) is 1. The van der Waals surface area contributed by atoms with Gasteiger partial charge in [0, 0.05) is 18.1 Å². The number of rotatable bonds is 5. The summed E-state index contributed by atoms with van der Waals surface area (Å²) in [5.74, 6) is -0.164. The van der Waals surface area contributed by atoms with Gasteiger partial charge in [-0.15, -0.1) is 0 Å². The first-order valence-corrected chi connectivity index (χ1v) is 9.74. The molecule has 2 aromatic rings. The molecule has 0 aromatic heterocycles. The van der Waals surface area contributed by atoms with Crippen LogP contribution < -0.4 is 15.0 Å². The fourth-order valence-corrected chi connectivity index (χ4v) is 3.13. The van der Waals surface area contributed by atoms with E-state index < -0.39 is 23.2 Å². The molecule has 1 aliphatic rings. The SMILES string of the molecule is CC(C)(Oc1ccc(Cl)cc1)C(=O)Nc1cc(C(F)(F)F)ccc1N1CCOCC1. The highest BCUT2D eigenvalue weighted by atomic mass is 35.5. The van der Waals surface area contributed by atoms with Crippen molar-refractivity contribution < 1.29 is 27.4 Å². The van der Waals surface area contributed by atoms with Gasteiger partial charge in [0.25, 0.3) is 5.91 Å². The predicted molar refractivity (Wildman–Crippen MR) is 109 cm³/mol. The van der Waals surface area contributed by atoms with Crippen molar-refractivity contribution in [1.29, 1.82) is 0 Å². The fraction of sp³-hybridized carbons (Fsp3) is 0.381. The lowest BCUT2D eigenvalue weighted by atomic mass is 10.1. The highest BCUT2D eigenvalue weighted by Crippen LogP contribution is 2.36. The molecule has 0 radical (unpaired) electrons. The van der Waals surface area contributed by atoms with Gasteiger partial charge in [0.05, 0.1) is 30.2 Å². The average Bonchev–Trinajstić information content (AvgIpc) is 2.69. The summed E-state index contributed by atoms with van der Waals surface area (Å²) in [5.41, 5.74) is -1.61. The summed E-state index contributed by atoms with van der Waals surface area (Å²) in [5, 5.41) is 3.14. The Morgan fingerprint density at radius 3 is 2.33 bits per heavy atom. The Morgan fingerprint density at radius 2 is 1.73 bits per heavy atom. The monoisotopic (exact) mass is 442 g/mol. The molecule has 1 saturated heterocycles. The smallest absolute Gasteiger partial charge is 0.416 e. The second-order valence-electron chi connectivity index (χ2n) is 7.35. The minimum atomic E-state index is -4.53. The van der Waals surface area contributed by atoms with Gasteiger partial charge >= 0.3 is 6.18 Å². The van der Waals surface area contributed by atoms with Crippen molar-refractivity contribution in [3.05, 3.63) is 53.1 Å². The van der Waals surface area contributed by atoms with Gasteiger partial charge in [-0.2, -0.15) is 13.2 Å². The molecule has 0 saturated carbocycles. The van der Waals surface area contributed by atoms with Crippen LogP contribution in [0.1, 0.15) is 19.4 Å². The largest absolute Gasteiger partial charge is 0.478 e. The first-order chi connectivity index (χ1) is 14.1. The molecule has 0 bridgehead atoms. The van der Waals surface area contributed by atoms with Gasteiger partial charge in [0.1, 0.15) is 5.75 Å². The molecule has 1 fully saturated rings. The van der Waals surface area contributed by atoms with Crippen LogP contribution in [0, 0.1) is 0 Å². The molecule has 30 heavy (non-hydrogen) atoms. The summed E-state index contributed by atoms with van der Waals surface area (Å²) in [6, 6.07) is 9.79. The third-order valence-electron chi connectivity index (χ3n) is 4.66. The highest BCUT2D eigenvalue weighted by molar-refractivity contribution is 6.30. The highest BCUT2D eigenvalue weighted by Gasteiger charge is 2.34. The van der Waals surface area contributed by atoms with Crippen LogP contribution >= 0.6 is 11.6 Å². The van der Waals surface area contributed by atoms with Crippen LogP contribution in [0.25, 0.3) is 0 Å². The minimum absolute atomic E-state index is 0.0736. The van der Waals surface area contributed by atoms with Gasteiger partial charge in [0.2, 0.25) is 0 Å². The van der Waals surface area contributed by atoms with E-state index in [2.05, 4.69) is 5.32 Å². The topological polar surface area (TPSA) is 50.8 Å². The molecule has 0 unspecified atom stereocenters. The Hall–Kier alpha value is -2.45. The number of halogens is 4. The van der Waals surface area contributed by atoms with E-state index in [-0.39, 0.29) is 5.69 Å². The van der Waals surface area contributed by atoms with Gasteiger partial charge in [-0.1, -0.05) is 11.6 Å². The van der Waals surface area contributed by atoms with Gasteiger partial charge in [-0.25, -0.2) is 0 Å². The summed E-state index contributed by atoms with van der Waals surface area (Å²) < 4.78 is 50.8. The number of carbonyl (C=O) groups excluding carboxylic acids is 1. The van der Waals surface area contributed by atoms with Crippen molar-refractivity contribution in [2.45, 2.75) is 25.6 Å². The number of carbonyl (C=O) groups is 1. The maximum atomic E-state index is 13.3. The summed E-state index contributed by atoms with van der Waals surface area (Å²) in [6.07, 6.45) is -4.53. The van der Waals surface area contributed by atoms with E-state index in [9.17, 15) is 18.0 Å². The zero-order valence-electron chi connectivity index (χ0n) is 16.6. The Balaban J connectivity index is 1.86. The molecule has 5 nitrogen and oxygen atoms in total. The van der Waals surface area contributed by atoms with E-state index >= 15 is 0 Å². The second kappa shape index (κ2) is 8.73. The summed E-state index contributed by atoms with van der Waals surface area (Å²) in [7, 11) is 0. The first kappa shape index (κ1) is 22.2. The minimum Gasteiger partial charge on any atom is -0.478 e. The molecule has 0 spiro atoms. The number of anilines is 2. The maximum absolute atomic E-state index is 13.3. The Morgan fingerprint density at radius 1 is 1.10 bits per heavy atom. The maximum Gasteiger partial charge on any atom is 0.416 e. The van der Waals surface area contributed by atoms with Gasteiger partial charge in [-0.05, 0) is 56.3 Å². The molecular formula is C21H22ClF3N2O3. The molecule has 2 aromatic carbocycles. The van der Waals surface area contributed by atoms with Crippen LogP contribution in [-0.4, -0.2) is 37.8 Å². The number of hydrogen-bond donors (Lipinski definition) is 1. The standard InChI is InChI=1S/C21H22ClF3N2O3/c1-20(2,30-16-6-4-15(22)5-7-16)19(28)26-17-13-14(21(23,24)25)3-8-18(17)27-9-11-29-12-10-27/h3-8,13H,9-12H2,1-2H3,(H,26,28). The van der Waals surface area contributed by atoms with E-state index in [1.165, 1.54) is 6.07 Å². The third kappa shape index (κ3) is 5.37. The van der Waals surface area contributed by atoms with Gasteiger partial charge < -0.3 is 19.7 Å². The zero-order chi connectivity index (χ0) is 21.9. The molecule has 1 amide bonds. The van der Waals surface area contributed by atoms with E-state index in [1.807, 2.05) is 4.90 Å². The molecule has 3 rings (SSSR count). The molecule has 1 aliphatic heterocycles. The summed E-state index contributed by atoms with van der Waals surface area (Å²) in [6.45, 7) is 5.02. The summed E-state index contributed by atoms with van der Waals surface area (Å²) >= 11 is 5.86. The van der Waals surface area contributed by atoms with Crippen LogP contribution in [0.4, 0.5) is 24.5 Å². The lowest BCUT2D eigenvalue weighted by Gasteiger charge is -2.32. The van der Waals surface area contributed by atoms with Crippen molar-refractivity contribution in [1.82, 2.24) is 0 Å². The Labute approximate surface area is 177 Å². The molecule has 9 heteroatoms. The van der Waals surface area contributed by atoms with E-state index in [1.54, 1.807) is 38.1 Å². The van der Waals surface area contributed by atoms with E-state index in [0.29, 0.717) is 42.8 Å². The normalized spacial score (nSPS) is 15.1. The van der Waals surface area contributed by atoms with Crippen LogP contribution in [0.3, 0.4) is 0 Å². The van der Waals surface area contributed by atoms with Crippen molar-refractivity contribution >= 4 is 28.9 Å². The van der Waals surface area contributed by atoms with E-state index in [0.717, 1.165) is 12.1 Å².